The quantitative estimate of drug-likeness (QED) is 0.614. The number of nitrogens with zero attached hydrogens (tertiary/aromatic N) is 1. The Morgan fingerprint density at radius 1 is 1.19 bits per heavy atom. The van der Waals surface area contributed by atoms with Gasteiger partial charge in [-0.1, -0.05) is 49.9 Å². The zero-order valence-electron chi connectivity index (χ0n) is 16.0. The number of aromatic nitrogens is 2. The van der Waals surface area contributed by atoms with Crippen LogP contribution in [-0.2, 0) is 5.60 Å². The summed E-state index contributed by atoms with van der Waals surface area (Å²) in [5, 5.41) is 11.1. The molecule has 3 nitrogen and oxygen atoms in total. The number of halogens is 1. The van der Waals surface area contributed by atoms with E-state index in [0.717, 1.165) is 34.6 Å². The Balaban J connectivity index is 1.71. The van der Waals surface area contributed by atoms with E-state index in [-0.39, 0.29) is 11.7 Å². The molecule has 4 rings (SSSR count). The number of H-pyrrole nitrogens is 1. The van der Waals surface area contributed by atoms with E-state index in [4.69, 9.17) is 0 Å². The van der Waals surface area contributed by atoms with Crippen molar-refractivity contribution in [2.45, 2.75) is 57.5 Å². The fourth-order valence-corrected chi connectivity index (χ4v) is 4.34. The first-order valence-electron chi connectivity index (χ1n) is 9.87. The van der Waals surface area contributed by atoms with E-state index in [0.29, 0.717) is 0 Å². The molecular weight excluding hydrogens is 339 g/mol. The highest BCUT2D eigenvalue weighted by Crippen LogP contribution is 2.38. The van der Waals surface area contributed by atoms with Gasteiger partial charge in [0.15, 0.2) is 0 Å². The molecular formula is C23H27FN2O. The molecule has 2 heterocycles. The molecule has 0 saturated heterocycles. The lowest BCUT2D eigenvalue weighted by atomic mass is 9.84. The predicted octanol–water partition coefficient (Wildman–Crippen LogP) is 5.64. The molecule has 1 aliphatic carbocycles. The number of hydrogen-bond donors (Lipinski definition) is 2. The van der Waals surface area contributed by atoms with Crippen LogP contribution >= 0.6 is 0 Å². The van der Waals surface area contributed by atoms with Crippen LogP contribution in [0.15, 0.2) is 42.6 Å². The Morgan fingerprint density at radius 3 is 2.56 bits per heavy atom. The maximum atomic E-state index is 13.6. The third kappa shape index (κ3) is 3.91. The minimum Gasteiger partial charge on any atom is -0.386 e. The first-order chi connectivity index (χ1) is 12.9. The molecule has 4 heteroatoms. The van der Waals surface area contributed by atoms with Crippen LogP contribution in [0, 0.1) is 11.7 Å². The second-order valence-corrected chi connectivity index (χ2v) is 8.44. The van der Waals surface area contributed by atoms with Gasteiger partial charge in [0, 0.05) is 17.0 Å². The summed E-state index contributed by atoms with van der Waals surface area (Å²) in [6, 6.07) is 11.8. The molecule has 1 aromatic carbocycles. The molecule has 1 fully saturated rings. The van der Waals surface area contributed by atoms with Crippen molar-refractivity contribution in [3.8, 4) is 0 Å². The topological polar surface area (TPSA) is 48.9 Å². The van der Waals surface area contributed by atoms with Crippen molar-refractivity contribution in [2.24, 2.45) is 5.92 Å². The van der Waals surface area contributed by atoms with Crippen LogP contribution in [-0.4, -0.2) is 15.1 Å². The average Bonchev–Trinajstić information content (AvgIpc) is 3.28. The van der Waals surface area contributed by atoms with Crippen molar-refractivity contribution in [3.05, 3.63) is 65.2 Å². The van der Waals surface area contributed by atoms with E-state index in [1.807, 2.05) is 18.2 Å². The largest absolute Gasteiger partial charge is 0.386 e. The number of aromatic amines is 1. The molecule has 0 amide bonds. The van der Waals surface area contributed by atoms with Gasteiger partial charge in [-0.2, -0.15) is 0 Å². The van der Waals surface area contributed by atoms with E-state index >= 15 is 0 Å². The van der Waals surface area contributed by atoms with Gasteiger partial charge in [0.25, 0.3) is 0 Å². The standard InChI is InChI=1S/C23H27FN2O/c1-23(2,27)18-9-7-16(8-10-18)20(11-15-5-3-4-6-15)21-13-17-12-19(24)14-25-22(17)26-21/h7-10,12-15,20,27H,3-6,11H2,1-2H3,(H,25,26)/t20-/m1/s1. The summed E-state index contributed by atoms with van der Waals surface area (Å²) < 4.78 is 13.6. The zero-order chi connectivity index (χ0) is 19.0. The van der Waals surface area contributed by atoms with Crippen molar-refractivity contribution in [1.82, 2.24) is 9.97 Å². The molecule has 1 aliphatic rings. The maximum absolute atomic E-state index is 13.6. The molecule has 1 saturated carbocycles. The molecule has 0 spiro atoms. The smallest absolute Gasteiger partial charge is 0.142 e. The summed E-state index contributed by atoms with van der Waals surface area (Å²) >= 11 is 0. The van der Waals surface area contributed by atoms with Gasteiger partial charge in [-0.25, -0.2) is 9.37 Å². The number of fused-ring (bicyclic) bond motifs is 1. The second-order valence-electron chi connectivity index (χ2n) is 8.44. The molecule has 0 aliphatic heterocycles. The number of pyridine rings is 1. The first-order valence-corrected chi connectivity index (χ1v) is 9.87. The molecule has 0 unspecified atom stereocenters. The van der Waals surface area contributed by atoms with Gasteiger partial charge in [-0.3, -0.25) is 0 Å². The lowest BCUT2D eigenvalue weighted by Crippen LogP contribution is -2.15. The average molecular weight is 366 g/mol. The van der Waals surface area contributed by atoms with Crippen LogP contribution in [0.4, 0.5) is 4.39 Å². The Morgan fingerprint density at radius 2 is 1.89 bits per heavy atom. The zero-order valence-corrected chi connectivity index (χ0v) is 16.0. The lowest BCUT2D eigenvalue weighted by molar-refractivity contribution is 0.0786. The van der Waals surface area contributed by atoms with Gasteiger partial charge in [-0.05, 0) is 49.4 Å². The van der Waals surface area contributed by atoms with Crippen molar-refractivity contribution in [2.75, 3.05) is 0 Å². The third-order valence-electron chi connectivity index (χ3n) is 5.90. The minimum atomic E-state index is -0.845. The summed E-state index contributed by atoms with van der Waals surface area (Å²) in [6.07, 6.45) is 7.53. The van der Waals surface area contributed by atoms with Crippen molar-refractivity contribution in [1.29, 1.82) is 0 Å². The summed E-state index contributed by atoms with van der Waals surface area (Å²) in [5.74, 6) is 0.635. The number of benzene rings is 1. The van der Waals surface area contributed by atoms with E-state index in [2.05, 4.69) is 22.1 Å². The second kappa shape index (κ2) is 7.08. The Kier molecular flexibility index (Phi) is 4.77. The summed E-state index contributed by atoms with van der Waals surface area (Å²) in [4.78, 5) is 7.61. The van der Waals surface area contributed by atoms with Crippen LogP contribution in [0.2, 0.25) is 0 Å². The van der Waals surface area contributed by atoms with E-state index in [1.165, 1.54) is 43.5 Å². The van der Waals surface area contributed by atoms with Crippen molar-refractivity contribution < 1.29 is 9.50 Å². The van der Waals surface area contributed by atoms with Gasteiger partial charge in [0.2, 0.25) is 0 Å². The monoisotopic (exact) mass is 366 g/mol. The highest BCUT2D eigenvalue weighted by Gasteiger charge is 2.25. The van der Waals surface area contributed by atoms with Crippen LogP contribution in [0.1, 0.15) is 68.7 Å². The number of aliphatic hydroxyl groups is 1. The van der Waals surface area contributed by atoms with Crippen LogP contribution in [0.5, 0.6) is 0 Å². The first kappa shape index (κ1) is 18.2. The van der Waals surface area contributed by atoms with Gasteiger partial charge in [-0.15, -0.1) is 0 Å². The van der Waals surface area contributed by atoms with E-state index in [9.17, 15) is 9.50 Å². The normalized spacial score (nSPS) is 16.9. The van der Waals surface area contributed by atoms with Crippen LogP contribution < -0.4 is 0 Å². The van der Waals surface area contributed by atoms with E-state index < -0.39 is 5.60 Å². The highest BCUT2D eigenvalue weighted by atomic mass is 19.1. The van der Waals surface area contributed by atoms with Crippen molar-refractivity contribution >= 4 is 11.0 Å². The molecule has 27 heavy (non-hydrogen) atoms. The molecule has 142 valence electrons. The minimum absolute atomic E-state index is 0.223. The number of rotatable bonds is 5. The lowest BCUT2D eigenvalue weighted by Gasteiger charge is -2.22. The summed E-state index contributed by atoms with van der Waals surface area (Å²) in [7, 11) is 0. The van der Waals surface area contributed by atoms with E-state index in [1.54, 1.807) is 13.8 Å². The predicted molar refractivity (Wildman–Crippen MR) is 106 cm³/mol. The third-order valence-corrected chi connectivity index (χ3v) is 5.90. The van der Waals surface area contributed by atoms with Gasteiger partial charge >= 0.3 is 0 Å². The Hall–Kier alpha value is -2.20. The highest BCUT2D eigenvalue weighted by molar-refractivity contribution is 5.76. The number of hydrogen-bond acceptors (Lipinski definition) is 2. The van der Waals surface area contributed by atoms with Crippen molar-refractivity contribution in [3.63, 3.8) is 0 Å². The molecule has 2 aromatic heterocycles. The Bertz CT molecular complexity index is 918. The fraction of sp³-hybridized carbons (Fsp3) is 0.435. The summed E-state index contributed by atoms with van der Waals surface area (Å²) in [6.45, 7) is 3.60. The molecule has 0 radical (unpaired) electrons. The fourth-order valence-electron chi connectivity index (χ4n) is 4.34. The van der Waals surface area contributed by atoms with Gasteiger partial charge in [0.1, 0.15) is 11.5 Å². The number of nitrogens with one attached hydrogen (secondary N) is 1. The SMILES string of the molecule is CC(C)(O)c1ccc([C@@H](CC2CCCC2)c2cc3cc(F)cnc3[nH]2)cc1. The van der Waals surface area contributed by atoms with Gasteiger partial charge in [0.05, 0.1) is 11.8 Å². The molecule has 2 N–H and O–H groups in total. The molecule has 3 aromatic rings. The maximum Gasteiger partial charge on any atom is 0.142 e. The molecule has 0 bridgehead atoms. The summed E-state index contributed by atoms with van der Waals surface area (Å²) in [5.41, 5.74) is 3.11. The van der Waals surface area contributed by atoms with Crippen LogP contribution in [0.25, 0.3) is 11.0 Å². The van der Waals surface area contributed by atoms with Gasteiger partial charge < -0.3 is 10.1 Å². The molecule has 1 atom stereocenters. The Labute approximate surface area is 159 Å². The van der Waals surface area contributed by atoms with Crippen LogP contribution in [0.3, 0.4) is 0 Å².